The van der Waals surface area contributed by atoms with Crippen LogP contribution in [0.25, 0.3) is 11.4 Å². The lowest BCUT2D eigenvalue weighted by Crippen LogP contribution is -2.16. The highest BCUT2D eigenvalue weighted by Gasteiger charge is 2.34. The Balaban J connectivity index is 1.59. The number of rotatable bonds is 4. The molecule has 2 aliphatic rings. The molecule has 2 aromatic carbocycles. The van der Waals surface area contributed by atoms with Crippen molar-refractivity contribution in [2.75, 3.05) is 5.32 Å². The van der Waals surface area contributed by atoms with E-state index in [-0.39, 0.29) is 23.3 Å². The van der Waals surface area contributed by atoms with Crippen LogP contribution >= 0.6 is 0 Å². The molecule has 1 fully saturated rings. The van der Waals surface area contributed by atoms with Gasteiger partial charge in [0, 0.05) is 28.8 Å². The summed E-state index contributed by atoms with van der Waals surface area (Å²) in [6, 6.07) is 15.5. The van der Waals surface area contributed by atoms with Crippen molar-refractivity contribution in [2.24, 2.45) is 4.99 Å². The Kier molecular flexibility index (Phi) is 6.11. The molecule has 2 heterocycles. The van der Waals surface area contributed by atoms with Crippen LogP contribution < -0.4 is 5.32 Å². The van der Waals surface area contributed by atoms with E-state index in [4.69, 9.17) is 4.99 Å². The molecule has 3 aromatic rings. The predicted molar refractivity (Wildman–Crippen MR) is 128 cm³/mol. The number of benzene rings is 2. The second-order valence-corrected chi connectivity index (χ2v) is 8.99. The number of hydrogen-bond donors (Lipinski definition) is 1. The highest BCUT2D eigenvalue weighted by molar-refractivity contribution is 6.10. The summed E-state index contributed by atoms with van der Waals surface area (Å²) >= 11 is 0. The molecule has 1 aromatic heterocycles. The molecule has 0 saturated heterocycles. The third-order valence-corrected chi connectivity index (χ3v) is 6.74. The minimum atomic E-state index is -4.49. The molecule has 34 heavy (non-hydrogen) atoms. The summed E-state index contributed by atoms with van der Waals surface area (Å²) in [5.74, 6) is 1.49. The molecular weight excluding hydrogens is 437 g/mol. The molecule has 5 rings (SSSR count). The van der Waals surface area contributed by atoms with Crippen LogP contribution in [0.4, 0.5) is 19.0 Å². The zero-order chi connectivity index (χ0) is 23.7. The molecule has 1 saturated carbocycles. The molecule has 1 atom stereocenters. The van der Waals surface area contributed by atoms with E-state index in [0.717, 1.165) is 55.0 Å². The molecule has 0 radical (unpaired) electrons. The van der Waals surface area contributed by atoms with E-state index in [1.807, 2.05) is 24.3 Å². The smallest absolute Gasteiger partial charge is 0.325 e. The van der Waals surface area contributed by atoms with Crippen LogP contribution in [0, 0.1) is 0 Å². The number of anilines is 1. The summed E-state index contributed by atoms with van der Waals surface area (Å²) < 4.78 is 41.3. The number of alkyl halides is 3. The number of nitrogens with zero attached hydrogens (tertiary/aromatic N) is 3. The highest BCUT2D eigenvalue weighted by atomic mass is 19.4. The van der Waals surface area contributed by atoms with Gasteiger partial charge < -0.3 is 5.32 Å². The van der Waals surface area contributed by atoms with E-state index in [1.54, 1.807) is 6.07 Å². The molecule has 1 aliphatic carbocycles. The summed E-state index contributed by atoms with van der Waals surface area (Å²) in [6.07, 6.45) is 1.73. The molecule has 4 nitrogen and oxygen atoms in total. The molecule has 0 spiro atoms. The Morgan fingerprint density at radius 2 is 1.62 bits per heavy atom. The van der Waals surface area contributed by atoms with Crippen LogP contribution in [0.15, 0.2) is 59.6 Å². The van der Waals surface area contributed by atoms with Gasteiger partial charge in [-0.25, -0.2) is 9.97 Å². The lowest BCUT2D eigenvalue weighted by atomic mass is 9.86. The van der Waals surface area contributed by atoms with Crippen LogP contribution in [-0.2, 0) is 6.18 Å². The van der Waals surface area contributed by atoms with Gasteiger partial charge in [0.05, 0.1) is 11.6 Å². The van der Waals surface area contributed by atoms with E-state index < -0.39 is 11.7 Å². The maximum absolute atomic E-state index is 13.8. The van der Waals surface area contributed by atoms with Crippen molar-refractivity contribution < 1.29 is 13.2 Å². The van der Waals surface area contributed by atoms with Gasteiger partial charge in [-0.2, -0.15) is 13.2 Å². The molecule has 1 N–H and O–H groups in total. The predicted octanol–water partition coefficient (Wildman–Crippen LogP) is 7.53. The molecular formula is C27H27F3N4. The van der Waals surface area contributed by atoms with Crippen LogP contribution in [0.3, 0.4) is 0 Å². The zero-order valence-electron chi connectivity index (χ0n) is 19.1. The largest absolute Gasteiger partial charge is 0.417 e. The Labute approximate surface area is 197 Å². The third-order valence-electron chi connectivity index (χ3n) is 6.74. The summed E-state index contributed by atoms with van der Waals surface area (Å²) in [7, 11) is 0. The average Bonchev–Trinajstić information content (AvgIpc) is 3.21. The van der Waals surface area contributed by atoms with Gasteiger partial charge in [-0.3, -0.25) is 4.99 Å². The Bertz CT molecular complexity index is 1210. The first-order valence-electron chi connectivity index (χ1n) is 11.9. The van der Waals surface area contributed by atoms with Crippen molar-refractivity contribution in [2.45, 2.75) is 63.6 Å². The lowest BCUT2D eigenvalue weighted by Gasteiger charge is -2.22. The number of nitrogens with one attached hydrogen (secondary N) is 1. The van der Waals surface area contributed by atoms with E-state index in [2.05, 4.69) is 28.3 Å². The lowest BCUT2D eigenvalue weighted by molar-refractivity contribution is -0.137. The summed E-state index contributed by atoms with van der Waals surface area (Å²) in [5, 5.41) is 3.33. The number of fused-ring (bicyclic) bond motifs is 1. The maximum Gasteiger partial charge on any atom is 0.417 e. The molecule has 1 aliphatic heterocycles. The average molecular weight is 465 g/mol. The highest BCUT2D eigenvalue weighted by Crippen LogP contribution is 2.38. The normalized spacial score (nSPS) is 18.5. The van der Waals surface area contributed by atoms with Gasteiger partial charge in [0.15, 0.2) is 5.82 Å². The van der Waals surface area contributed by atoms with Gasteiger partial charge >= 0.3 is 6.18 Å². The third kappa shape index (κ3) is 4.43. The van der Waals surface area contributed by atoms with Gasteiger partial charge in [0.2, 0.25) is 0 Å². The van der Waals surface area contributed by atoms with Crippen LogP contribution in [0.2, 0.25) is 0 Å². The van der Waals surface area contributed by atoms with E-state index in [0.29, 0.717) is 11.7 Å². The standard InChI is InChI=1S/C27H27F3N4/c1-2-22-18-12-6-7-13-19(18)25(31-22)33-24-16-23(17-10-4-3-5-11-17)32-26(34-24)20-14-8-9-15-21(20)27(28,29)30/h6-9,12-17,22H,2-5,10-11H2,1H3,(H,31,32,33,34). The van der Waals surface area contributed by atoms with Crippen molar-refractivity contribution in [1.29, 1.82) is 0 Å². The zero-order valence-corrected chi connectivity index (χ0v) is 19.1. The number of amidine groups is 1. The van der Waals surface area contributed by atoms with Gasteiger partial charge in [0.25, 0.3) is 0 Å². The van der Waals surface area contributed by atoms with Crippen molar-refractivity contribution in [3.05, 3.63) is 77.0 Å². The van der Waals surface area contributed by atoms with E-state index in [1.165, 1.54) is 18.6 Å². The molecule has 1 unspecified atom stereocenters. The number of halogens is 3. The van der Waals surface area contributed by atoms with Gasteiger partial charge in [0.1, 0.15) is 11.7 Å². The fraction of sp³-hybridized carbons (Fsp3) is 0.370. The molecule has 0 amide bonds. The molecule has 7 heteroatoms. The van der Waals surface area contributed by atoms with Gasteiger partial charge in [-0.15, -0.1) is 0 Å². The van der Waals surface area contributed by atoms with Gasteiger partial charge in [-0.1, -0.05) is 68.7 Å². The monoisotopic (exact) mass is 464 g/mol. The van der Waals surface area contributed by atoms with Crippen molar-refractivity contribution >= 4 is 11.7 Å². The second-order valence-electron chi connectivity index (χ2n) is 8.99. The minimum absolute atomic E-state index is 0.00379. The molecule has 0 bridgehead atoms. The van der Waals surface area contributed by atoms with Crippen LogP contribution in [0.5, 0.6) is 0 Å². The quantitative estimate of drug-likeness (QED) is 0.434. The SMILES string of the molecule is CCC1N=C(Nc2cc(C3CCCCC3)nc(-c3ccccc3C(F)(F)F)n2)c2ccccc21. The van der Waals surface area contributed by atoms with Gasteiger partial charge in [-0.05, 0) is 30.9 Å². The van der Waals surface area contributed by atoms with E-state index in [9.17, 15) is 13.2 Å². The summed E-state index contributed by atoms with van der Waals surface area (Å²) in [6.45, 7) is 2.09. The Morgan fingerprint density at radius 3 is 2.35 bits per heavy atom. The first-order valence-corrected chi connectivity index (χ1v) is 11.9. The topological polar surface area (TPSA) is 50.2 Å². The maximum atomic E-state index is 13.8. The summed E-state index contributed by atoms with van der Waals surface area (Å²) in [5.41, 5.74) is 2.22. The molecule has 176 valence electrons. The fourth-order valence-electron chi connectivity index (χ4n) is 5.01. The minimum Gasteiger partial charge on any atom is -0.325 e. The van der Waals surface area contributed by atoms with Crippen molar-refractivity contribution in [3.63, 3.8) is 0 Å². The Hall–Kier alpha value is -3.22. The Morgan fingerprint density at radius 1 is 0.912 bits per heavy atom. The number of aromatic nitrogens is 2. The number of aliphatic imine (C=N–C) groups is 1. The second kappa shape index (κ2) is 9.20. The first-order chi connectivity index (χ1) is 16.4. The summed E-state index contributed by atoms with van der Waals surface area (Å²) in [4.78, 5) is 14.1. The van der Waals surface area contributed by atoms with Crippen LogP contribution in [-0.4, -0.2) is 15.8 Å². The number of hydrogen-bond acceptors (Lipinski definition) is 4. The van der Waals surface area contributed by atoms with E-state index >= 15 is 0 Å². The van der Waals surface area contributed by atoms with Crippen LogP contribution in [0.1, 0.15) is 79.8 Å². The first kappa shape index (κ1) is 22.6. The van der Waals surface area contributed by atoms with Crippen molar-refractivity contribution in [1.82, 2.24) is 9.97 Å². The van der Waals surface area contributed by atoms with Crippen molar-refractivity contribution in [3.8, 4) is 11.4 Å². The fourth-order valence-corrected chi connectivity index (χ4v) is 5.01.